The molecule has 1 aliphatic rings. The lowest BCUT2D eigenvalue weighted by Crippen LogP contribution is -2.29. The fourth-order valence-electron chi connectivity index (χ4n) is 3.27. The maximum atomic E-state index is 11.0. The van der Waals surface area contributed by atoms with E-state index in [-0.39, 0.29) is 0 Å². The number of nitrogens with zero attached hydrogens (tertiary/aromatic N) is 2. The molecular weight excluding hydrogens is 272 g/mol. The standard InChI is InChI=1S/C19H24N2O/c1-16-8-11-20-14-17(16)15-21-12-5-9-19(22,10-13-21)18-6-3-2-4-7-18/h2-4,6-8,11,14,22H,5,9-10,12-13,15H2,1H3. The Morgan fingerprint density at radius 3 is 2.73 bits per heavy atom. The molecule has 1 unspecified atom stereocenters. The highest BCUT2D eigenvalue weighted by atomic mass is 16.3. The highest BCUT2D eigenvalue weighted by Crippen LogP contribution is 2.33. The molecule has 0 bridgehead atoms. The van der Waals surface area contributed by atoms with Crippen molar-refractivity contribution in [2.45, 2.75) is 38.3 Å². The van der Waals surface area contributed by atoms with Crippen molar-refractivity contribution < 1.29 is 5.11 Å². The summed E-state index contributed by atoms with van der Waals surface area (Å²) in [5.74, 6) is 0. The van der Waals surface area contributed by atoms with Crippen LogP contribution in [0.15, 0.2) is 48.8 Å². The van der Waals surface area contributed by atoms with Gasteiger partial charge in [-0.1, -0.05) is 30.3 Å². The smallest absolute Gasteiger partial charge is 0.0909 e. The summed E-state index contributed by atoms with van der Waals surface area (Å²) >= 11 is 0. The van der Waals surface area contributed by atoms with Gasteiger partial charge >= 0.3 is 0 Å². The average molecular weight is 296 g/mol. The molecule has 0 aliphatic carbocycles. The van der Waals surface area contributed by atoms with Crippen LogP contribution in [0.25, 0.3) is 0 Å². The molecule has 0 saturated carbocycles. The molecule has 3 nitrogen and oxygen atoms in total. The monoisotopic (exact) mass is 296 g/mol. The predicted octanol–water partition coefficient (Wildman–Crippen LogP) is 3.26. The molecule has 116 valence electrons. The molecule has 1 aliphatic heterocycles. The zero-order chi connectivity index (χ0) is 15.4. The first-order valence-electron chi connectivity index (χ1n) is 8.07. The first kappa shape index (κ1) is 15.2. The number of hydrogen-bond donors (Lipinski definition) is 1. The lowest BCUT2D eigenvalue weighted by molar-refractivity contribution is 0.0210. The molecule has 22 heavy (non-hydrogen) atoms. The minimum absolute atomic E-state index is 0.681. The van der Waals surface area contributed by atoms with Gasteiger partial charge < -0.3 is 5.11 Å². The van der Waals surface area contributed by atoms with Gasteiger partial charge in [0, 0.05) is 25.5 Å². The zero-order valence-corrected chi connectivity index (χ0v) is 13.2. The molecule has 1 aromatic carbocycles. The van der Waals surface area contributed by atoms with Crippen LogP contribution in [0.4, 0.5) is 0 Å². The van der Waals surface area contributed by atoms with Gasteiger partial charge in [0.1, 0.15) is 0 Å². The molecule has 2 heterocycles. The summed E-state index contributed by atoms with van der Waals surface area (Å²) in [6.07, 6.45) is 6.44. The lowest BCUT2D eigenvalue weighted by atomic mass is 9.87. The highest BCUT2D eigenvalue weighted by molar-refractivity contribution is 5.23. The first-order chi connectivity index (χ1) is 10.7. The van der Waals surface area contributed by atoms with Gasteiger partial charge in [-0.2, -0.15) is 0 Å². The normalized spacial score (nSPS) is 23.2. The molecule has 3 rings (SSSR count). The fraction of sp³-hybridized carbons (Fsp3) is 0.421. The molecule has 3 heteroatoms. The number of aliphatic hydroxyl groups is 1. The van der Waals surface area contributed by atoms with Crippen molar-refractivity contribution in [2.75, 3.05) is 13.1 Å². The van der Waals surface area contributed by atoms with Gasteiger partial charge in [0.25, 0.3) is 0 Å². The molecule has 1 atom stereocenters. The average Bonchev–Trinajstić information content (AvgIpc) is 2.74. The molecule has 1 aromatic heterocycles. The van der Waals surface area contributed by atoms with E-state index in [4.69, 9.17) is 0 Å². The van der Waals surface area contributed by atoms with Crippen molar-refractivity contribution >= 4 is 0 Å². The molecule has 2 aromatic rings. The van der Waals surface area contributed by atoms with Gasteiger partial charge in [-0.3, -0.25) is 9.88 Å². The number of likely N-dealkylation sites (tertiary alicyclic amines) is 1. The molecular formula is C19H24N2O. The van der Waals surface area contributed by atoms with Crippen LogP contribution < -0.4 is 0 Å². The minimum Gasteiger partial charge on any atom is -0.385 e. The second-order valence-corrected chi connectivity index (χ2v) is 6.33. The van der Waals surface area contributed by atoms with Gasteiger partial charge in [-0.15, -0.1) is 0 Å². The highest BCUT2D eigenvalue weighted by Gasteiger charge is 2.31. The number of aryl methyl sites for hydroxylation is 1. The number of hydrogen-bond acceptors (Lipinski definition) is 3. The van der Waals surface area contributed by atoms with Crippen LogP contribution in [0.3, 0.4) is 0 Å². The zero-order valence-electron chi connectivity index (χ0n) is 13.2. The van der Waals surface area contributed by atoms with E-state index in [1.807, 2.05) is 42.7 Å². The van der Waals surface area contributed by atoms with Crippen LogP contribution in [-0.2, 0) is 12.1 Å². The van der Waals surface area contributed by atoms with Crippen LogP contribution >= 0.6 is 0 Å². The van der Waals surface area contributed by atoms with Crippen molar-refractivity contribution in [3.05, 3.63) is 65.5 Å². The van der Waals surface area contributed by atoms with Crippen molar-refractivity contribution in [3.63, 3.8) is 0 Å². The van der Waals surface area contributed by atoms with E-state index in [1.165, 1.54) is 11.1 Å². The van der Waals surface area contributed by atoms with Crippen molar-refractivity contribution in [2.24, 2.45) is 0 Å². The number of benzene rings is 1. The number of aromatic nitrogens is 1. The Labute approximate surface area is 132 Å². The quantitative estimate of drug-likeness (QED) is 0.944. The van der Waals surface area contributed by atoms with Gasteiger partial charge in [0.05, 0.1) is 5.60 Å². The van der Waals surface area contributed by atoms with E-state index in [1.54, 1.807) is 0 Å². The Morgan fingerprint density at radius 2 is 1.95 bits per heavy atom. The summed E-state index contributed by atoms with van der Waals surface area (Å²) in [5.41, 5.74) is 2.94. The van der Waals surface area contributed by atoms with Crippen LogP contribution in [-0.4, -0.2) is 28.1 Å². The Bertz CT molecular complexity index is 614. The summed E-state index contributed by atoms with van der Waals surface area (Å²) in [7, 11) is 0. The third kappa shape index (κ3) is 3.37. The van der Waals surface area contributed by atoms with E-state index in [2.05, 4.69) is 22.9 Å². The van der Waals surface area contributed by atoms with E-state index < -0.39 is 5.60 Å². The van der Waals surface area contributed by atoms with Crippen molar-refractivity contribution in [1.82, 2.24) is 9.88 Å². The van der Waals surface area contributed by atoms with Crippen molar-refractivity contribution in [1.29, 1.82) is 0 Å². The topological polar surface area (TPSA) is 36.4 Å². The predicted molar refractivity (Wildman–Crippen MR) is 88.4 cm³/mol. The van der Waals surface area contributed by atoms with E-state index in [9.17, 15) is 5.11 Å². The second kappa shape index (κ2) is 6.59. The summed E-state index contributed by atoms with van der Waals surface area (Å²) < 4.78 is 0. The van der Waals surface area contributed by atoms with Crippen LogP contribution in [0.2, 0.25) is 0 Å². The van der Waals surface area contributed by atoms with Gasteiger partial charge in [0.15, 0.2) is 0 Å². The molecule has 0 amide bonds. The first-order valence-corrected chi connectivity index (χ1v) is 8.07. The SMILES string of the molecule is Cc1ccncc1CN1CCCC(O)(c2ccccc2)CC1. The molecule has 1 fully saturated rings. The minimum atomic E-state index is -0.681. The Kier molecular flexibility index (Phi) is 4.55. The Balaban J connectivity index is 1.69. The van der Waals surface area contributed by atoms with Crippen LogP contribution in [0.5, 0.6) is 0 Å². The van der Waals surface area contributed by atoms with E-state index in [0.29, 0.717) is 0 Å². The van der Waals surface area contributed by atoms with Gasteiger partial charge in [-0.25, -0.2) is 0 Å². The van der Waals surface area contributed by atoms with E-state index in [0.717, 1.165) is 44.5 Å². The van der Waals surface area contributed by atoms with Gasteiger partial charge in [0.2, 0.25) is 0 Å². The lowest BCUT2D eigenvalue weighted by Gasteiger charge is -2.27. The van der Waals surface area contributed by atoms with Crippen molar-refractivity contribution in [3.8, 4) is 0 Å². The maximum Gasteiger partial charge on any atom is 0.0909 e. The van der Waals surface area contributed by atoms with E-state index >= 15 is 0 Å². The summed E-state index contributed by atoms with van der Waals surface area (Å²) in [6.45, 7) is 5.00. The summed E-state index contributed by atoms with van der Waals surface area (Å²) in [4.78, 5) is 6.67. The fourth-order valence-corrected chi connectivity index (χ4v) is 3.27. The van der Waals surface area contributed by atoms with Gasteiger partial charge in [-0.05, 0) is 55.5 Å². The van der Waals surface area contributed by atoms with Crippen LogP contribution in [0.1, 0.15) is 36.0 Å². The van der Waals surface area contributed by atoms with Crippen LogP contribution in [0, 0.1) is 6.92 Å². The second-order valence-electron chi connectivity index (χ2n) is 6.33. The molecule has 0 radical (unpaired) electrons. The third-order valence-electron chi connectivity index (χ3n) is 4.76. The maximum absolute atomic E-state index is 11.0. The largest absolute Gasteiger partial charge is 0.385 e. The Hall–Kier alpha value is -1.71. The summed E-state index contributed by atoms with van der Waals surface area (Å²) in [5, 5.41) is 11.0. The molecule has 1 saturated heterocycles. The number of rotatable bonds is 3. The number of pyridine rings is 1. The molecule has 1 N–H and O–H groups in total. The summed E-state index contributed by atoms with van der Waals surface area (Å²) in [6, 6.07) is 12.2. The molecule has 0 spiro atoms. The Morgan fingerprint density at radius 1 is 1.14 bits per heavy atom. The third-order valence-corrected chi connectivity index (χ3v) is 4.76.